The van der Waals surface area contributed by atoms with Gasteiger partial charge in [-0.3, -0.25) is 4.79 Å². The number of hydrogen-bond acceptors (Lipinski definition) is 2. The lowest BCUT2D eigenvalue weighted by Crippen LogP contribution is -2.14. The van der Waals surface area contributed by atoms with E-state index in [9.17, 15) is 4.79 Å². The van der Waals surface area contributed by atoms with Crippen molar-refractivity contribution in [1.29, 1.82) is 0 Å². The molecule has 0 spiro atoms. The largest absolute Gasteiger partial charge is 0.311 e. The van der Waals surface area contributed by atoms with E-state index >= 15 is 0 Å². The van der Waals surface area contributed by atoms with Gasteiger partial charge in [-0.2, -0.15) is 0 Å². The minimum absolute atomic E-state index is 0.0549. The molecule has 3 heteroatoms. The molecule has 3 nitrogen and oxygen atoms in total. The number of benzene rings is 2. The zero-order valence-corrected chi connectivity index (χ0v) is 10.7. The van der Waals surface area contributed by atoms with Crippen LogP contribution >= 0.6 is 0 Å². The van der Waals surface area contributed by atoms with Gasteiger partial charge in [-0.05, 0) is 23.3 Å². The Morgan fingerprint density at radius 2 is 1.89 bits per heavy atom. The van der Waals surface area contributed by atoms with E-state index in [4.69, 9.17) is 0 Å². The van der Waals surface area contributed by atoms with Crippen LogP contribution in [0.1, 0.15) is 17.0 Å². The van der Waals surface area contributed by atoms with E-state index in [1.54, 1.807) is 13.1 Å². The number of aromatic amines is 1. The Morgan fingerprint density at radius 1 is 1.11 bits per heavy atom. The maximum absolute atomic E-state index is 11.8. The van der Waals surface area contributed by atoms with Crippen molar-refractivity contribution in [2.75, 3.05) is 0 Å². The summed E-state index contributed by atoms with van der Waals surface area (Å²) in [7, 11) is 0. The Labute approximate surface area is 111 Å². The maximum atomic E-state index is 11.8. The van der Waals surface area contributed by atoms with Crippen LogP contribution in [-0.2, 0) is 6.42 Å². The van der Waals surface area contributed by atoms with Gasteiger partial charge in [0, 0.05) is 18.2 Å². The van der Waals surface area contributed by atoms with Crippen LogP contribution in [0.4, 0.5) is 0 Å². The quantitative estimate of drug-likeness (QED) is 0.760. The van der Waals surface area contributed by atoms with Crippen molar-refractivity contribution in [1.82, 2.24) is 9.97 Å². The molecule has 0 fully saturated rings. The Balaban J connectivity index is 1.99. The van der Waals surface area contributed by atoms with E-state index in [-0.39, 0.29) is 5.56 Å². The van der Waals surface area contributed by atoms with E-state index < -0.39 is 0 Å². The van der Waals surface area contributed by atoms with Crippen LogP contribution in [0.3, 0.4) is 0 Å². The van der Waals surface area contributed by atoms with Gasteiger partial charge < -0.3 is 4.98 Å². The number of hydrogen-bond donors (Lipinski definition) is 1. The monoisotopic (exact) mass is 250 g/mol. The fraction of sp³-hybridized carbons (Fsp3) is 0.125. The van der Waals surface area contributed by atoms with Crippen LogP contribution in [-0.4, -0.2) is 9.97 Å². The topological polar surface area (TPSA) is 45.8 Å². The van der Waals surface area contributed by atoms with Crippen LogP contribution in [0, 0.1) is 6.92 Å². The van der Waals surface area contributed by atoms with Gasteiger partial charge in [-0.15, -0.1) is 0 Å². The molecule has 2 aromatic carbocycles. The first-order valence-corrected chi connectivity index (χ1v) is 6.25. The third-order valence-corrected chi connectivity index (χ3v) is 3.21. The van der Waals surface area contributed by atoms with Crippen LogP contribution in [0.15, 0.2) is 53.5 Å². The number of nitrogens with zero attached hydrogens (tertiary/aromatic N) is 1. The van der Waals surface area contributed by atoms with Gasteiger partial charge in [-0.1, -0.05) is 42.5 Å². The fourth-order valence-corrected chi connectivity index (χ4v) is 2.20. The summed E-state index contributed by atoms with van der Waals surface area (Å²) in [5.74, 6) is 0.646. The molecule has 94 valence electrons. The molecule has 19 heavy (non-hydrogen) atoms. The standard InChI is InChI=1S/C16H14N2O/c1-11-17-10-15(16(19)18-11)9-12-6-7-13-4-2-3-5-14(13)8-12/h2-8,10H,9H2,1H3,(H,17,18,19). The first kappa shape index (κ1) is 11.7. The number of rotatable bonds is 2. The Kier molecular flexibility index (Phi) is 2.88. The first-order valence-electron chi connectivity index (χ1n) is 6.25. The number of aromatic nitrogens is 2. The third-order valence-electron chi connectivity index (χ3n) is 3.21. The molecular weight excluding hydrogens is 236 g/mol. The van der Waals surface area contributed by atoms with Gasteiger partial charge >= 0.3 is 0 Å². The van der Waals surface area contributed by atoms with E-state index in [2.05, 4.69) is 40.3 Å². The average Bonchev–Trinajstić information content (AvgIpc) is 2.42. The lowest BCUT2D eigenvalue weighted by Gasteiger charge is -2.04. The summed E-state index contributed by atoms with van der Waals surface area (Å²) >= 11 is 0. The van der Waals surface area contributed by atoms with Crippen molar-refractivity contribution in [3.05, 3.63) is 76.0 Å². The summed E-state index contributed by atoms with van der Waals surface area (Å²) < 4.78 is 0. The van der Waals surface area contributed by atoms with Gasteiger partial charge in [0.25, 0.3) is 5.56 Å². The average molecular weight is 250 g/mol. The minimum Gasteiger partial charge on any atom is -0.311 e. The molecule has 0 saturated carbocycles. The first-order chi connectivity index (χ1) is 9.22. The molecule has 0 unspecified atom stereocenters. The molecule has 1 aromatic heterocycles. The molecule has 0 saturated heterocycles. The van der Waals surface area contributed by atoms with Crippen LogP contribution in [0.25, 0.3) is 10.8 Å². The molecule has 0 aliphatic heterocycles. The number of nitrogens with one attached hydrogen (secondary N) is 1. The second-order valence-electron chi connectivity index (χ2n) is 4.68. The summed E-state index contributed by atoms with van der Waals surface area (Å²) in [6.45, 7) is 1.78. The molecule has 0 aliphatic carbocycles. The lowest BCUT2D eigenvalue weighted by atomic mass is 10.0. The van der Waals surface area contributed by atoms with Gasteiger partial charge in [-0.25, -0.2) is 4.98 Å². The van der Waals surface area contributed by atoms with Crippen molar-refractivity contribution in [3.63, 3.8) is 0 Å². The zero-order valence-electron chi connectivity index (χ0n) is 10.7. The highest BCUT2D eigenvalue weighted by molar-refractivity contribution is 5.83. The lowest BCUT2D eigenvalue weighted by molar-refractivity contribution is 0.966. The molecule has 0 radical (unpaired) electrons. The zero-order chi connectivity index (χ0) is 13.2. The molecule has 1 heterocycles. The van der Waals surface area contributed by atoms with Gasteiger partial charge in [0.15, 0.2) is 0 Å². The molecule has 1 N–H and O–H groups in total. The molecule has 3 aromatic rings. The van der Waals surface area contributed by atoms with E-state index in [1.807, 2.05) is 12.1 Å². The van der Waals surface area contributed by atoms with Crippen molar-refractivity contribution >= 4 is 10.8 Å². The summed E-state index contributed by atoms with van der Waals surface area (Å²) in [5.41, 5.74) is 1.76. The van der Waals surface area contributed by atoms with Crippen LogP contribution in [0.5, 0.6) is 0 Å². The van der Waals surface area contributed by atoms with Crippen molar-refractivity contribution < 1.29 is 0 Å². The Morgan fingerprint density at radius 3 is 2.68 bits per heavy atom. The summed E-state index contributed by atoms with van der Waals surface area (Å²) in [4.78, 5) is 18.7. The van der Waals surface area contributed by atoms with Crippen LogP contribution in [0.2, 0.25) is 0 Å². The van der Waals surface area contributed by atoms with Crippen LogP contribution < -0.4 is 5.56 Å². The maximum Gasteiger partial charge on any atom is 0.254 e. The SMILES string of the molecule is Cc1ncc(Cc2ccc3ccccc3c2)c(=O)[nH]1. The normalized spacial score (nSPS) is 10.8. The van der Waals surface area contributed by atoms with Gasteiger partial charge in [0.1, 0.15) is 5.82 Å². The summed E-state index contributed by atoms with van der Waals surface area (Å²) in [5, 5.41) is 2.40. The highest BCUT2D eigenvalue weighted by Gasteiger charge is 2.03. The number of fused-ring (bicyclic) bond motifs is 1. The summed E-state index contributed by atoms with van der Waals surface area (Å²) in [6.07, 6.45) is 2.26. The van der Waals surface area contributed by atoms with Crippen molar-refractivity contribution in [2.24, 2.45) is 0 Å². The molecule has 0 aliphatic rings. The predicted molar refractivity (Wildman–Crippen MR) is 76.3 cm³/mol. The molecule has 0 amide bonds. The highest BCUT2D eigenvalue weighted by atomic mass is 16.1. The van der Waals surface area contributed by atoms with Gasteiger partial charge in [0.05, 0.1) is 0 Å². The van der Waals surface area contributed by atoms with E-state index in [0.717, 1.165) is 5.56 Å². The second kappa shape index (κ2) is 4.69. The van der Waals surface area contributed by atoms with E-state index in [0.29, 0.717) is 17.8 Å². The Bertz CT molecular complexity index is 790. The summed E-state index contributed by atoms with van der Waals surface area (Å²) in [6, 6.07) is 14.5. The number of H-pyrrole nitrogens is 1. The van der Waals surface area contributed by atoms with Gasteiger partial charge in [0.2, 0.25) is 0 Å². The van der Waals surface area contributed by atoms with Crippen molar-refractivity contribution in [2.45, 2.75) is 13.3 Å². The fourth-order valence-electron chi connectivity index (χ4n) is 2.20. The van der Waals surface area contributed by atoms with E-state index in [1.165, 1.54) is 10.8 Å². The third kappa shape index (κ3) is 2.40. The Hall–Kier alpha value is -2.42. The smallest absolute Gasteiger partial charge is 0.254 e. The second-order valence-corrected chi connectivity index (χ2v) is 4.68. The molecule has 3 rings (SSSR count). The number of aryl methyl sites for hydroxylation is 1. The predicted octanol–water partition coefficient (Wildman–Crippen LogP) is 2.82. The highest BCUT2D eigenvalue weighted by Crippen LogP contribution is 2.16. The molecule has 0 atom stereocenters. The molecular formula is C16H14N2O. The molecule has 0 bridgehead atoms. The van der Waals surface area contributed by atoms with Crippen molar-refractivity contribution in [3.8, 4) is 0 Å². The minimum atomic E-state index is -0.0549.